The molecule has 0 spiro atoms. The molecule has 1 amide bonds. The van der Waals surface area contributed by atoms with E-state index in [-0.39, 0.29) is 35.6 Å². The number of amides is 1. The number of nitriles is 1. The average molecular weight is 314 g/mol. The van der Waals surface area contributed by atoms with Crippen LogP contribution in [0.25, 0.3) is 0 Å². The summed E-state index contributed by atoms with van der Waals surface area (Å²) in [5.74, 6) is -0.780. The molecule has 1 aromatic carbocycles. The van der Waals surface area contributed by atoms with Crippen molar-refractivity contribution < 1.29 is 13.2 Å². The van der Waals surface area contributed by atoms with Crippen LogP contribution in [0.5, 0.6) is 0 Å². The third-order valence-electron chi connectivity index (χ3n) is 3.04. The Labute approximate surface area is 121 Å². The smallest absolute Gasteiger partial charge is 0.227 e. The Bertz CT molecular complexity index is 696. The number of nitrogens with two attached hydrogens (primary N) is 1. The Morgan fingerprint density at radius 2 is 2.20 bits per heavy atom. The minimum Gasteiger partial charge on any atom is -0.311 e. The van der Waals surface area contributed by atoms with Gasteiger partial charge in [-0.2, -0.15) is 5.26 Å². The van der Waals surface area contributed by atoms with Crippen molar-refractivity contribution in [1.82, 2.24) is 0 Å². The lowest BCUT2D eigenvalue weighted by atomic mass is 10.1. The van der Waals surface area contributed by atoms with Gasteiger partial charge in [0.05, 0.1) is 28.1 Å². The quantitative estimate of drug-likeness (QED) is 0.893. The van der Waals surface area contributed by atoms with Crippen LogP contribution in [0, 0.1) is 17.2 Å². The van der Waals surface area contributed by atoms with Crippen LogP contribution < -0.4 is 10.0 Å². The molecule has 1 aromatic rings. The van der Waals surface area contributed by atoms with Gasteiger partial charge in [0.25, 0.3) is 0 Å². The lowest BCUT2D eigenvalue weighted by molar-refractivity contribution is -0.117. The summed E-state index contributed by atoms with van der Waals surface area (Å²) in [6.45, 7) is 0.251. The molecule has 1 unspecified atom stereocenters. The molecule has 1 aliphatic heterocycles. The third kappa shape index (κ3) is 3.28. The highest BCUT2D eigenvalue weighted by Crippen LogP contribution is 2.32. The van der Waals surface area contributed by atoms with E-state index in [1.807, 2.05) is 6.07 Å². The molecular formula is C12H12ClN3O3S. The molecule has 1 fully saturated rings. The first kappa shape index (κ1) is 14.8. The van der Waals surface area contributed by atoms with Crippen LogP contribution in [-0.2, 0) is 14.8 Å². The molecule has 0 radical (unpaired) electrons. The Morgan fingerprint density at radius 1 is 1.50 bits per heavy atom. The van der Waals surface area contributed by atoms with Crippen molar-refractivity contribution >= 4 is 33.2 Å². The molecule has 106 valence electrons. The maximum absolute atomic E-state index is 11.9. The van der Waals surface area contributed by atoms with E-state index in [1.54, 1.807) is 12.1 Å². The van der Waals surface area contributed by atoms with Crippen LogP contribution in [0.4, 0.5) is 5.69 Å². The average Bonchev–Trinajstić information content (AvgIpc) is 2.67. The van der Waals surface area contributed by atoms with Crippen molar-refractivity contribution in [2.24, 2.45) is 11.1 Å². The molecular weight excluding hydrogens is 302 g/mol. The Morgan fingerprint density at radius 3 is 2.75 bits per heavy atom. The van der Waals surface area contributed by atoms with Gasteiger partial charge >= 0.3 is 0 Å². The first-order chi connectivity index (χ1) is 9.30. The molecule has 20 heavy (non-hydrogen) atoms. The monoisotopic (exact) mass is 313 g/mol. The van der Waals surface area contributed by atoms with Crippen molar-refractivity contribution in [3.63, 3.8) is 0 Å². The standard InChI is InChI=1S/C12H12ClN3O3S/c13-10-3-8(5-14)1-2-11(10)16-6-9(4-12(16)17)7-20(15,18)19/h1-3,9H,4,6-7H2,(H2,15,18,19). The summed E-state index contributed by atoms with van der Waals surface area (Å²) in [5, 5.41) is 14.0. The highest BCUT2D eigenvalue weighted by molar-refractivity contribution is 7.89. The topological polar surface area (TPSA) is 104 Å². The normalized spacial score (nSPS) is 19.1. The lowest BCUT2D eigenvalue weighted by Crippen LogP contribution is -2.27. The predicted octanol–water partition coefficient (Wildman–Crippen LogP) is 0.853. The van der Waals surface area contributed by atoms with Gasteiger partial charge in [0, 0.05) is 18.9 Å². The van der Waals surface area contributed by atoms with Gasteiger partial charge < -0.3 is 4.90 Å². The minimum absolute atomic E-state index is 0.118. The lowest BCUT2D eigenvalue weighted by Gasteiger charge is -2.18. The highest BCUT2D eigenvalue weighted by Gasteiger charge is 2.33. The van der Waals surface area contributed by atoms with Crippen molar-refractivity contribution in [2.45, 2.75) is 6.42 Å². The van der Waals surface area contributed by atoms with Gasteiger partial charge in [-0.1, -0.05) is 11.6 Å². The summed E-state index contributed by atoms with van der Waals surface area (Å²) in [7, 11) is -3.61. The maximum atomic E-state index is 11.9. The highest BCUT2D eigenvalue weighted by atomic mass is 35.5. The SMILES string of the molecule is N#Cc1ccc(N2CC(CS(N)(=O)=O)CC2=O)c(Cl)c1. The number of carbonyl (C=O) groups is 1. The zero-order valence-corrected chi connectivity index (χ0v) is 12.0. The second-order valence-electron chi connectivity index (χ2n) is 4.68. The van der Waals surface area contributed by atoms with E-state index >= 15 is 0 Å². The molecule has 0 saturated carbocycles. The van der Waals surface area contributed by atoms with Crippen molar-refractivity contribution in [3.8, 4) is 6.07 Å². The number of anilines is 1. The van der Waals surface area contributed by atoms with E-state index in [2.05, 4.69) is 0 Å². The molecule has 2 N–H and O–H groups in total. The van der Waals surface area contributed by atoms with E-state index in [0.29, 0.717) is 11.3 Å². The predicted molar refractivity (Wildman–Crippen MR) is 74.6 cm³/mol. The first-order valence-electron chi connectivity index (χ1n) is 5.80. The van der Waals surface area contributed by atoms with Gasteiger partial charge in [-0.3, -0.25) is 4.79 Å². The number of sulfonamides is 1. The summed E-state index contributed by atoms with van der Waals surface area (Å²) in [5.41, 5.74) is 0.874. The minimum atomic E-state index is -3.61. The second kappa shape index (κ2) is 5.40. The van der Waals surface area contributed by atoms with E-state index in [0.717, 1.165) is 0 Å². The van der Waals surface area contributed by atoms with Gasteiger partial charge in [-0.05, 0) is 18.2 Å². The molecule has 8 heteroatoms. The summed E-state index contributed by atoms with van der Waals surface area (Å²) >= 11 is 6.05. The maximum Gasteiger partial charge on any atom is 0.227 e. The van der Waals surface area contributed by atoms with Crippen LogP contribution in [0.2, 0.25) is 5.02 Å². The van der Waals surface area contributed by atoms with Gasteiger partial charge in [0.1, 0.15) is 0 Å². The molecule has 1 aliphatic rings. The largest absolute Gasteiger partial charge is 0.311 e. The number of rotatable bonds is 3. The van der Waals surface area contributed by atoms with Crippen molar-refractivity contribution in [2.75, 3.05) is 17.2 Å². The number of hydrogen-bond acceptors (Lipinski definition) is 4. The van der Waals surface area contributed by atoms with Crippen molar-refractivity contribution in [3.05, 3.63) is 28.8 Å². The van der Waals surface area contributed by atoms with E-state index < -0.39 is 10.0 Å². The zero-order chi connectivity index (χ0) is 14.9. The van der Waals surface area contributed by atoms with Crippen LogP contribution in [0.3, 0.4) is 0 Å². The molecule has 1 saturated heterocycles. The van der Waals surface area contributed by atoms with Crippen molar-refractivity contribution in [1.29, 1.82) is 5.26 Å². The number of halogens is 1. The molecule has 2 rings (SSSR count). The summed E-state index contributed by atoms with van der Waals surface area (Å²) in [6, 6.07) is 6.56. The van der Waals surface area contributed by atoms with E-state index in [4.69, 9.17) is 22.0 Å². The van der Waals surface area contributed by atoms with Gasteiger partial charge in [-0.25, -0.2) is 13.6 Å². The summed E-state index contributed by atoms with van der Waals surface area (Å²) in [4.78, 5) is 13.4. The molecule has 6 nitrogen and oxygen atoms in total. The Balaban J connectivity index is 2.22. The summed E-state index contributed by atoms with van der Waals surface area (Å²) in [6.07, 6.45) is 0.118. The fraction of sp³-hybridized carbons (Fsp3) is 0.333. The third-order valence-corrected chi connectivity index (χ3v) is 4.28. The zero-order valence-electron chi connectivity index (χ0n) is 10.4. The van der Waals surface area contributed by atoms with Crippen LogP contribution in [0.1, 0.15) is 12.0 Å². The summed E-state index contributed by atoms with van der Waals surface area (Å²) < 4.78 is 22.1. The Hall–Kier alpha value is -1.62. The van der Waals surface area contributed by atoms with Gasteiger partial charge in [0.15, 0.2) is 0 Å². The van der Waals surface area contributed by atoms with Gasteiger partial charge in [0.2, 0.25) is 15.9 Å². The molecule has 0 aliphatic carbocycles. The molecule has 0 aromatic heterocycles. The van der Waals surface area contributed by atoms with E-state index in [9.17, 15) is 13.2 Å². The number of carbonyl (C=O) groups excluding carboxylic acids is 1. The first-order valence-corrected chi connectivity index (χ1v) is 7.90. The number of hydrogen-bond donors (Lipinski definition) is 1. The van der Waals surface area contributed by atoms with Crippen LogP contribution >= 0.6 is 11.6 Å². The fourth-order valence-electron chi connectivity index (χ4n) is 2.25. The van der Waals surface area contributed by atoms with Gasteiger partial charge in [-0.15, -0.1) is 0 Å². The molecule has 1 atom stereocenters. The van der Waals surface area contributed by atoms with E-state index in [1.165, 1.54) is 11.0 Å². The number of benzene rings is 1. The Kier molecular flexibility index (Phi) is 3.99. The fourth-order valence-corrected chi connectivity index (χ4v) is 3.41. The van der Waals surface area contributed by atoms with Crippen LogP contribution in [-0.4, -0.2) is 26.6 Å². The molecule has 0 bridgehead atoms. The molecule has 1 heterocycles. The number of nitrogens with zero attached hydrogens (tertiary/aromatic N) is 2. The second-order valence-corrected chi connectivity index (χ2v) is 6.75. The van der Waals surface area contributed by atoms with Crippen LogP contribution in [0.15, 0.2) is 18.2 Å². The number of primary sulfonamides is 1.